The normalized spacial score (nSPS) is 12.7. The average Bonchev–Trinajstić information content (AvgIpc) is 3.39. The molecular weight excluding hydrogens is 494 g/mol. The SMILES string of the molecule is CC.CCN1CCCc2cc3c(-c4ccccc4C(=O)NC)c(-c4nc5ccccc5s4)c(=O)oc3cc21. The van der Waals surface area contributed by atoms with Gasteiger partial charge in [-0.2, -0.15) is 0 Å². The maximum absolute atomic E-state index is 13.7. The molecule has 194 valence electrons. The lowest BCUT2D eigenvalue weighted by Crippen LogP contribution is -2.28. The van der Waals surface area contributed by atoms with Crippen LogP contribution in [0.3, 0.4) is 0 Å². The fraction of sp³-hybridized carbons (Fsp3) is 0.258. The highest BCUT2D eigenvalue weighted by molar-refractivity contribution is 7.21. The molecule has 0 saturated heterocycles. The Balaban J connectivity index is 0.00000144. The number of aromatic nitrogens is 1. The zero-order valence-electron chi connectivity index (χ0n) is 22.1. The molecule has 0 saturated carbocycles. The number of hydrogen-bond acceptors (Lipinski definition) is 6. The van der Waals surface area contributed by atoms with Gasteiger partial charge in [-0.05, 0) is 55.2 Å². The second kappa shape index (κ2) is 10.8. The summed E-state index contributed by atoms with van der Waals surface area (Å²) in [6, 6.07) is 19.4. The molecule has 3 aromatic carbocycles. The van der Waals surface area contributed by atoms with Crippen LogP contribution in [0, 0.1) is 0 Å². The number of thiazole rings is 1. The minimum absolute atomic E-state index is 0.211. The first-order chi connectivity index (χ1) is 18.6. The Morgan fingerprint density at radius 1 is 1.08 bits per heavy atom. The van der Waals surface area contributed by atoms with E-state index in [-0.39, 0.29) is 5.91 Å². The summed E-state index contributed by atoms with van der Waals surface area (Å²) in [5.41, 5.74) is 5.49. The van der Waals surface area contributed by atoms with Crippen molar-refractivity contribution in [2.75, 3.05) is 25.0 Å². The van der Waals surface area contributed by atoms with E-state index in [1.165, 1.54) is 16.9 Å². The smallest absolute Gasteiger partial charge is 0.347 e. The molecule has 38 heavy (non-hydrogen) atoms. The summed E-state index contributed by atoms with van der Waals surface area (Å²) < 4.78 is 6.96. The number of fused-ring (bicyclic) bond motifs is 3. The van der Waals surface area contributed by atoms with E-state index in [0.29, 0.717) is 32.8 Å². The van der Waals surface area contributed by atoms with Crippen molar-refractivity contribution in [3.05, 3.63) is 82.2 Å². The van der Waals surface area contributed by atoms with Gasteiger partial charge in [-0.25, -0.2) is 9.78 Å². The summed E-state index contributed by atoms with van der Waals surface area (Å²) in [5, 5.41) is 4.14. The topological polar surface area (TPSA) is 75.4 Å². The van der Waals surface area contributed by atoms with Crippen molar-refractivity contribution in [1.82, 2.24) is 10.3 Å². The lowest BCUT2D eigenvalue weighted by Gasteiger charge is -2.30. The molecule has 1 N–H and O–H groups in total. The van der Waals surface area contributed by atoms with Crippen LogP contribution in [0.15, 0.2) is 69.9 Å². The Morgan fingerprint density at radius 3 is 2.61 bits per heavy atom. The van der Waals surface area contributed by atoms with Crippen LogP contribution in [0.2, 0.25) is 0 Å². The monoisotopic (exact) mass is 525 g/mol. The van der Waals surface area contributed by atoms with Crippen molar-refractivity contribution in [1.29, 1.82) is 0 Å². The van der Waals surface area contributed by atoms with Crippen LogP contribution in [0.4, 0.5) is 5.69 Å². The van der Waals surface area contributed by atoms with Crippen molar-refractivity contribution in [3.63, 3.8) is 0 Å². The maximum atomic E-state index is 13.7. The van der Waals surface area contributed by atoms with Crippen molar-refractivity contribution in [2.45, 2.75) is 33.6 Å². The number of anilines is 1. The second-order valence-corrected chi connectivity index (χ2v) is 9.94. The number of carbonyl (C=O) groups is 1. The molecule has 0 bridgehead atoms. The summed E-state index contributed by atoms with van der Waals surface area (Å²) in [6.07, 6.45) is 2.02. The number of hydrogen-bond donors (Lipinski definition) is 1. The molecule has 0 radical (unpaired) electrons. The van der Waals surface area contributed by atoms with Gasteiger partial charge in [0, 0.05) is 48.4 Å². The number of amides is 1. The van der Waals surface area contributed by atoms with E-state index in [0.717, 1.165) is 47.2 Å². The van der Waals surface area contributed by atoms with Gasteiger partial charge in [-0.1, -0.05) is 44.2 Å². The number of rotatable bonds is 4. The summed E-state index contributed by atoms with van der Waals surface area (Å²) in [5.74, 6) is -0.211. The van der Waals surface area contributed by atoms with Crippen LogP contribution in [-0.2, 0) is 6.42 Å². The molecule has 0 spiro atoms. The number of carbonyl (C=O) groups excluding carboxylic acids is 1. The van der Waals surface area contributed by atoms with Crippen molar-refractivity contribution >= 4 is 44.1 Å². The summed E-state index contributed by atoms with van der Waals surface area (Å²) in [4.78, 5) is 33.7. The first-order valence-corrected chi connectivity index (χ1v) is 14.0. The molecule has 6 nitrogen and oxygen atoms in total. The molecule has 0 fully saturated rings. The maximum Gasteiger partial charge on any atom is 0.347 e. The molecule has 5 aromatic rings. The highest BCUT2D eigenvalue weighted by Crippen LogP contribution is 2.42. The van der Waals surface area contributed by atoms with Gasteiger partial charge in [0.2, 0.25) is 0 Å². The van der Waals surface area contributed by atoms with E-state index >= 15 is 0 Å². The molecule has 3 heterocycles. The van der Waals surface area contributed by atoms with Crippen molar-refractivity contribution in [3.8, 4) is 21.7 Å². The Bertz CT molecular complexity index is 1670. The summed E-state index contributed by atoms with van der Waals surface area (Å²) in [7, 11) is 1.61. The van der Waals surface area contributed by atoms with Gasteiger partial charge in [-0.3, -0.25) is 4.79 Å². The van der Waals surface area contributed by atoms with Gasteiger partial charge in [0.25, 0.3) is 5.91 Å². The van der Waals surface area contributed by atoms with E-state index in [9.17, 15) is 9.59 Å². The van der Waals surface area contributed by atoms with Crippen LogP contribution in [-0.4, -0.2) is 31.0 Å². The number of benzene rings is 3. The average molecular weight is 526 g/mol. The van der Waals surface area contributed by atoms with E-state index < -0.39 is 5.63 Å². The van der Waals surface area contributed by atoms with Crippen molar-refractivity contribution in [2.24, 2.45) is 0 Å². The Labute approximate surface area is 225 Å². The van der Waals surface area contributed by atoms with Gasteiger partial charge < -0.3 is 14.6 Å². The number of nitrogens with zero attached hydrogens (tertiary/aromatic N) is 2. The van der Waals surface area contributed by atoms with Crippen LogP contribution in [0.5, 0.6) is 0 Å². The second-order valence-electron chi connectivity index (χ2n) is 8.91. The Hall–Kier alpha value is -3.97. The lowest BCUT2D eigenvalue weighted by molar-refractivity contribution is 0.0963. The third-order valence-corrected chi connectivity index (χ3v) is 7.93. The Kier molecular flexibility index (Phi) is 7.29. The summed E-state index contributed by atoms with van der Waals surface area (Å²) in [6.45, 7) is 8.00. The fourth-order valence-electron chi connectivity index (χ4n) is 5.17. The highest BCUT2D eigenvalue weighted by Gasteiger charge is 2.26. The minimum Gasteiger partial charge on any atom is -0.422 e. The van der Waals surface area contributed by atoms with Gasteiger partial charge >= 0.3 is 5.63 Å². The molecule has 6 rings (SSSR count). The van der Waals surface area contributed by atoms with E-state index in [4.69, 9.17) is 9.40 Å². The zero-order valence-corrected chi connectivity index (χ0v) is 22.9. The molecule has 1 amide bonds. The molecule has 0 aliphatic carbocycles. The van der Waals surface area contributed by atoms with Crippen LogP contribution in [0.25, 0.3) is 42.9 Å². The molecule has 1 aliphatic rings. The molecule has 1 aliphatic heterocycles. The van der Waals surface area contributed by atoms with Crippen LogP contribution in [0.1, 0.15) is 43.1 Å². The van der Waals surface area contributed by atoms with Crippen LogP contribution >= 0.6 is 11.3 Å². The highest BCUT2D eigenvalue weighted by atomic mass is 32.1. The molecule has 0 unspecified atom stereocenters. The Morgan fingerprint density at radius 2 is 1.84 bits per heavy atom. The minimum atomic E-state index is -0.456. The number of nitrogens with one attached hydrogen (secondary N) is 1. The van der Waals surface area contributed by atoms with Gasteiger partial charge in [-0.15, -0.1) is 11.3 Å². The first-order valence-electron chi connectivity index (χ1n) is 13.1. The quantitative estimate of drug-likeness (QED) is 0.259. The van der Waals surface area contributed by atoms with Gasteiger partial charge in [0.1, 0.15) is 16.2 Å². The molecular formula is C31H31N3O3S. The number of para-hydroxylation sites is 1. The van der Waals surface area contributed by atoms with Gasteiger partial charge in [0.15, 0.2) is 0 Å². The van der Waals surface area contributed by atoms with Crippen molar-refractivity contribution < 1.29 is 9.21 Å². The van der Waals surface area contributed by atoms with E-state index in [1.807, 2.05) is 62.4 Å². The molecule has 2 aromatic heterocycles. The number of aryl methyl sites for hydroxylation is 1. The van der Waals surface area contributed by atoms with E-state index in [1.54, 1.807) is 13.1 Å². The lowest BCUT2D eigenvalue weighted by atomic mass is 9.90. The standard InChI is InChI=1S/C29H25N3O3S.C2H6/c1-3-32-14-8-9-17-15-20-23(16-22(17)32)35-29(34)26(28-31-21-12-6-7-13-24(21)36-28)25(20)18-10-4-5-11-19(18)27(33)30-2;1-2/h4-7,10-13,15-16H,3,8-9,14H2,1-2H3,(H,30,33);1-2H3. The third-order valence-electron chi connectivity index (χ3n) is 6.88. The predicted octanol–water partition coefficient (Wildman–Crippen LogP) is 6.90. The van der Waals surface area contributed by atoms with Gasteiger partial charge in [0.05, 0.1) is 10.2 Å². The summed E-state index contributed by atoms with van der Waals surface area (Å²) >= 11 is 1.45. The van der Waals surface area contributed by atoms with E-state index in [2.05, 4.69) is 23.2 Å². The molecule has 7 heteroatoms. The largest absolute Gasteiger partial charge is 0.422 e. The fourth-order valence-corrected chi connectivity index (χ4v) is 6.18. The first kappa shape index (κ1) is 25.7. The molecule has 0 atom stereocenters. The predicted molar refractivity (Wildman–Crippen MR) is 157 cm³/mol. The van der Waals surface area contributed by atoms with Crippen LogP contribution < -0.4 is 15.8 Å². The third kappa shape index (κ3) is 4.37. The zero-order chi connectivity index (χ0) is 26.8.